The number of esters is 1. The highest BCUT2D eigenvalue weighted by Gasteiger charge is 2.38. The molecule has 7 heteroatoms. The molecule has 0 spiro atoms. The molecule has 0 radical (unpaired) electrons. The van der Waals surface area contributed by atoms with Crippen LogP contribution in [-0.4, -0.2) is 48.7 Å². The van der Waals surface area contributed by atoms with Crippen molar-refractivity contribution in [3.8, 4) is 0 Å². The summed E-state index contributed by atoms with van der Waals surface area (Å²) in [6.45, 7) is 1.82. The maximum Gasteiger partial charge on any atom is 0.311 e. The van der Waals surface area contributed by atoms with Gasteiger partial charge >= 0.3 is 5.97 Å². The number of Topliss-reactive ketones (excluding diaryl/α,β-unsaturated/α-hetero) is 1. The number of amides is 2. The molecule has 0 unspecified atom stereocenters. The third-order valence-corrected chi connectivity index (χ3v) is 6.07. The van der Waals surface area contributed by atoms with E-state index in [1.165, 1.54) is 0 Å². The summed E-state index contributed by atoms with van der Waals surface area (Å²) in [7, 11) is 1.70. The Hall–Kier alpha value is -3.48. The molecule has 1 fully saturated rings. The lowest BCUT2D eigenvalue weighted by molar-refractivity contribution is -0.147. The minimum atomic E-state index is -0.585. The summed E-state index contributed by atoms with van der Waals surface area (Å²) < 4.78 is 5.24. The average molecular weight is 420 g/mol. The molecule has 2 aliphatic heterocycles. The van der Waals surface area contributed by atoms with Crippen molar-refractivity contribution in [3.05, 3.63) is 65.2 Å². The van der Waals surface area contributed by atoms with Crippen LogP contribution in [0.3, 0.4) is 0 Å². The number of hydrogen-bond donors (Lipinski definition) is 0. The quantitative estimate of drug-likeness (QED) is 0.530. The summed E-state index contributed by atoms with van der Waals surface area (Å²) in [6, 6.07) is 14.5. The summed E-state index contributed by atoms with van der Waals surface area (Å²) >= 11 is 0. The molecule has 2 aromatic carbocycles. The largest absolute Gasteiger partial charge is 0.457 e. The van der Waals surface area contributed by atoms with Crippen molar-refractivity contribution < 1.29 is 23.9 Å². The molecule has 2 aliphatic rings. The van der Waals surface area contributed by atoms with Crippen LogP contribution in [0.4, 0.5) is 5.69 Å². The van der Waals surface area contributed by atoms with Crippen molar-refractivity contribution in [3.63, 3.8) is 0 Å². The fraction of sp³-hybridized carbons (Fsp3) is 0.333. The monoisotopic (exact) mass is 420 g/mol. The zero-order chi connectivity index (χ0) is 22.1. The van der Waals surface area contributed by atoms with Crippen LogP contribution in [0, 0.1) is 5.92 Å². The van der Waals surface area contributed by atoms with E-state index in [1.807, 2.05) is 37.3 Å². The Morgan fingerprint density at radius 3 is 2.58 bits per heavy atom. The summed E-state index contributed by atoms with van der Waals surface area (Å²) in [5, 5.41) is 0. The minimum absolute atomic E-state index is 0.0220. The van der Waals surface area contributed by atoms with Gasteiger partial charge in [0.1, 0.15) is 0 Å². The van der Waals surface area contributed by atoms with Crippen LogP contribution in [0.1, 0.15) is 40.9 Å². The highest BCUT2D eigenvalue weighted by molar-refractivity contribution is 6.04. The molecule has 2 amide bonds. The summed E-state index contributed by atoms with van der Waals surface area (Å²) in [4.78, 5) is 52.5. The Morgan fingerprint density at radius 1 is 1.10 bits per heavy atom. The van der Waals surface area contributed by atoms with Crippen molar-refractivity contribution in [1.29, 1.82) is 0 Å². The third kappa shape index (κ3) is 4.08. The second-order valence-electron chi connectivity index (χ2n) is 8.04. The molecule has 160 valence electrons. The van der Waals surface area contributed by atoms with Crippen LogP contribution in [0.25, 0.3) is 0 Å². The van der Waals surface area contributed by atoms with Gasteiger partial charge in [-0.15, -0.1) is 0 Å². The highest BCUT2D eigenvalue weighted by Crippen LogP contribution is 2.30. The first-order chi connectivity index (χ1) is 14.8. The molecule has 2 atom stereocenters. The second kappa shape index (κ2) is 8.34. The number of anilines is 1. The van der Waals surface area contributed by atoms with Crippen molar-refractivity contribution in [2.75, 3.05) is 25.1 Å². The maximum absolute atomic E-state index is 12.5. The predicted octanol–water partition coefficient (Wildman–Crippen LogP) is 2.54. The number of likely N-dealkylation sites (N-methyl/N-ethyl adjacent to an activating group) is 1. The van der Waals surface area contributed by atoms with E-state index in [0.717, 1.165) is 16.8 Å². The van der Waals surface area contributed by atoms with E-state index < -0.39 is 11.9 Å². The molecule has 0 saturated carbocycles. The van der Waals surface area contributed by atoms with Gasteiger partial charge in [0.25, 0.3) is 0 Å². The van der Waals surface area contributed by atoms with Gasteiger partial charge < -0.3 is 14.5 Å². The topological polar surface area (TPSA) is 84.0 Å². The predicted molar refractivity (Wildman–Crippen MR) is 114 cm³/mol. The number of ether oxygens (including phenoxy) is 1. The molecule has 2 aromatic rings. The van der Waals surface area contributed by atoms with E-state index in [4.69, 9.17) is 4.74 Å². The molecule has 0 aromatic heterocycles. The lowest BCUT2D eigenvalue weighted by Crippen LogP contribution is -2.30. The van der Waals surface area contributed by atoms with Crippen LogP contribution in [-0.2, 0) is 25.5 Å². The Morgan fingerprint density at radius 2 is 1.84 bits per heavy atom. The van der Waals surface area contributed by atoms with Gasteiger partial charge in [-0.2, -0.15) is 0 Å². The van der Waals surface area contributed by atoms with Crippen molar-refractivity contribution in [2.24, 2.45) is 5.92 Å². The van der Waals surface area contributed by atoms with Gasteiger partial charge in [0.15, 0.2) is 12.4 Å². The molecule has 1 saturated heterocycles. The first kappa shape index (κ1) is 20.8. The number of carbonyl (C=O) groups excluding carboxylic acids is 4. The lowest BCUT2D eigenvalue weighted by atomic mass is 10.1. The van der Waals surface area contributed by atoms with Crippen LogP contribution < -0.4 is 4.90 Å². The molecule has 0 N–H and O–H groups in total. The second-order valence-corrected chi connectivity index (χ2v) is 8.04. The summed E-state index contributed by atoms with van der Waals surface area (Å²) in [5.41, 5.74) is 2.98. The van der Waals surface area contributed by atoms with E-state index in [1.54, 1.807) is 35.0 Å². The molecule has 7 nitrogen and oxygen atoms in total. The van der Waals surface area contributed by atoms with E-state index >= 15 is 0 Å². The first-order valence-corrected chi connectivity index (χ1v) is 10.3. The average Bonchev–Trinajstić information content (AvgIpc) is 3.31. The standard InChI is InChI=1S/C24H24N2O5/c1-15(16-6-4-3-5-7-16)26-13-19(12-23(26)29)24(30)31-14-21(27)17-8-9-20-18(10-17)11-22(28)25(20)2/h3-10,15,19H,11-14H2,1-2H3/t15-,19+/m1/s1. The number of benzene rings is 2. The Labute approximate surface area is 180 Å². The van der Waals surface area contributed by atoms with Gasteiger partial charge in [0, 0.05) is 31.3 Å². The SMILES string of the molecule is C[C@H](c1ccccc1)N1C[C@@H](C(=O)OCC(=O)c2ccc3c(c2)CC(=O)N3C)CC1=O. The number of nitrogens with zero attached hydrogens (tertiary/aromatic N) is 2. The van der Waals surface area contributed by atoms with Gasteiger partial charge in [0.2, 0.25) is 11.8 Å². The number of likely N-dealkylation sites (tertiary alicyclic amines) is 1. The highest BCUT2D eigenvalue weighted by atomic mass is 16.5. The number of fused-ring (bicyclic) bond motifs is 1. The van der Waals surface area contributed by atoms with Crippen LogP contribution in [0.5, 0.6) is 0 Å². The lowest BCUT2D eigenvalue weighted by Gasteiger charge is -2.25. The van der Waals surface area contributed by atoms with Crippen molar-refractivity contribution >= 4 is 29.3 Å². The number of rotatable bonds is 6. The summed E-state index contributed by atoms with van der Waals surface area (Å²) in [5.74, 6) is -1.58. The fourth-order valence-electron chi connectivity index (χ4n) is 4.16. The number of carbonyl (C=O) groups is 4. The normalized spacial score (nSPS) is 18.8. The zero-order valence-electron chi connectivity index (χ0n) is 17.5. The number of hydrogen-bond acceptors (Lipinski definition) is 5. The molecule has 0 bridgehead atoms. The smallest absolute Gasteiger partial charge is 0.311 e. The molecule has 2 heterocycles. The molecule has 4 rings (SSSR count). The Kier molecular flexibility index (Phi) is 5.59. The first-order valence-electron chi connectivity index (χ1n) is 10.3. The maximum atomic E-state index is 12.5. The molecular weight excluding hydrogens is 396 g/mol. The van der Waals surface area contributed by atoms with E-state index in [0.29, 0.717) is 5.56 Å². The van der Waals surface area contributed by atoms with E-state index in [-0.39, 0.29) is 49.6 Å². The summed E-state index contributed by atoms with van der Waals surface area (Å²) in [6.07, 6.45) is 0.337. The van der Waals surface area contributed by atoms with Crippen molar-refractivity contribution in [1.82, 2.24) is 4.90 Å². The van der Waals surface area contributed by atoms with Crippen LogP contribution in [0.15, 0.2) is 48.5 Å². The van der Waals surface area contributed by atoms with E-state index in [9.17, 15) is 19.2 Å². The minimum Gasteiger partial charge on any atom is -0.457 e. The van der Waals surface area contributed by atoms with Gasteiger partial charge in [-0.1, -0.05) is 30.3 Å². The van der Waals surface area contributed by atoms with Gasteiger partial charge in [-0.05, 0) is 36.2 Å². The van der Waals surface area contributed by atoms with Gasteiger partial charge in [-0.25, -0.2) is 0 Å². The Bertz CT molecular complexity index is 1050. The van der Waals surface area contributed by atoms with Gasteiger partial charge in [0.05, 0.1) is 18.4 Å². The fourth-order valence-corrected chi connectivity index (χ4v) is 4.16. The third-order valence-electron chi connectivity index (χ3n) is 6.07. The van der Waals surface area contributed by atoms with Crippen molar-refractivity contribution in [2.45, 2.75) is 25.8 Å². The number of ketones is 1. The Balaban J connectivity index is 1.34. The zero-order valence-corrected chi connectivity index (χ0v) is 17.5. The molecule has 0 aliphatic carbocycles. The molecular formula is C24H24N2O5. The van der Waals surface area contributed by atoms with E-state index in [2.05, 4.69) is 0 Å². The van der Waals surface area contributed by atoms with Crippen LogP contribution in [0.2, 0.25) is 0 Å². The van der Waals surface area contributed by atoms with Gasteiger partial charge in [-0.3, -0.25) is 19.2 Å². The van der Waals surface area contributed by atoms with Crippen LogP contribution >= 0.6 is 0 Å². The molecule has 31 heavy (non-hydrogen) atoms.